The van der Waals surface area contributed by atoms with Crippen molar-refractivity contribution < 1.29 is 40.0 Å². The Balaban J connectivity index is 1.40. The van der Waals surface area contributed by atoms with Gasteiger partial charge in [-0.05, 0) is 18.6 Å². The maximum absolute atomic E-state index is 13.0. The molecule has 2 aromatic heterocycles. The molecule has 16 heteroatoms. The number of nitrogens with zero attached hydrogens (tertiary/aromatic N) is 5. The third kappa shape index (κ3) is 5.48. The molecular formula is C25H29N7O9. The van der Waals surface area contributed by atoms with Gasteiger partial charge in [-0.3, -0.25) is 19.5 Å². The van der Waals surface area contributed by atoms with Crippen molar-refractivity contribution in [3.63, 3.8) is 0 Å². The summed E-state index contributed by atoms with van der Waals surface area (Å²) in [4.78, 5) is 36.5. The van der Waals surface area contributed by atoms with E-state index in [9.17, 15) is 40.4 Å². The second-order valence-electron chi connectivity index (χ2n) is 9.94. The number of hydrogen-bond acceptors (Lipinski definition) is 13. The van der Waals surface area contributed by atoms with Gasteiger partial charge >= 0.3 is 0 Å². The van der Waals surface area contributed by atoms with Crippen molar-refractivity contribution in [2.75, 3.05) is 11.9 Å². The highest BCUT2D eigenvalue weighted by molar-refractivity contribution is 5.94. The normalized spacial score (nSPS) is 28.7. The van der Waals surface area contributed by atoms with E-state index in [-0.39, 0.29) is 23.7 Å². The monoisotopic (exact) mass is 571 g/mol. The fourth-order valence-electron chi connectivity index (χ4n) is 4.97. The predicted molar refractivity (Wildman–Crippen MR) is 140 cm³/mol. The van der Waals surface area contributed by atoms with Crippen LogP contribution in [0.5, 0.6) is 0 Å². The Bertz CT molecular complexity index is 1460. The van der Waals surface area contributed by atoms with E-state index in [0.29, 0.717) is 17.0 Å². The maximum Gasteiger partial charge on any atom is 0.269 e. The Labute approximate surface area is 232 Å². The van der Waals surface area contributed by atoms with Crippen LogP contribution in [0.3, 0.4) is 0 Å². The molecule has 1 aromatic carbocycles. The summed E-state index contributed by atoms with van der Waals surface area (Å²) < 4.78 is 7.35. The molecule has 2 aliphatic rings. The molecule has 7 N–H and O–H groups in total. The maximum atomic E-state index is 13.0. The van der Waals surface area contributed by atoms with Crippen LogP contribution in [-0.4, -0.2) is 99.1 Å². The molecule has 218 valence electrons. The number of carbonyl (C=O) groups excluding carboxylic acids is 1. The van der Waals surface area contributed by atoms with Crippen molar-refractivity contribution in [1.82, 2.24) is 24.8 Å². The van der Waals surface area contributed by atoms with Gasteiger partial charge in [-0.15, -0.1) is 0 Å². The van der Waals surface area contributed by atoms with E-state index in [4.69, 9.17) is 4.74 Å². The second-order valence-corrected chi connectivity index (χ2v) is 9.94. The second kappa shape index (κ2) is 11.4. The minimum atomic E-state index is -1.45. The summed E-state index contributed by atoms with van der Waals surface area (Å²) in [6.45, 7) is 1.30. The number of nitro groups is 1. The number of anilines is 1. The van der Waals surface area contributed by atoms with Crippen LogP contribution < -0.4 is 10.6 Å². The topological polar surface area (TPSA) is 238 Å². The highest BCUT2D eigenvalue weighted by atomic mass is 16.6. The highest BCUT2D eigenvalue weighted by Gasteiger charge is 2.46. The number of fused-ring (bicyclic) bond motifs is 1. The minimum absolute atomic E-state index is 0.0123. The molecule has 0 saturated carbocycles. The molecule has 3 unspecified atom stereocenters. The first-order valence-corrected chi connectivity index (χ1v) is 12.8. The molecule has 8 atom stereocenters. The van der Waals surface area contributed by atoms with E-state index in [1.54, 1.807) is 12.1 Å². The summed E-state index contributed by atoms with van der Waals surface area (Å²) in [5, 5.41) is 67.1. The molecule has 1 saturated heterocycles. The largest absolute Gasteiger partial charge is 0.394 e. The average molecular weight is 572 g/mol. The molecule has 1 aliphatic heterocycles. The SMILES string of the molecule is C[C@@H](Nc1ncnc2c1ncn2[C@@H]1O[C@H](CO)[C@@H](O)[C@H]1NC(=O)C1=CC(O)C(O)C(O)C1)c1ccc([N+](=O)[O-])cc1. The van der Waals surface area contributed by atoms with Crippen molar-refractivity contribution in [2.24, 2.45) is 0 Å². The number of carbonyl (C=O) groups is 1. The van der Waals surface area contributed by atoms with Crippen LogP contribution >= 0.6 is 0 Å². The Morgan fingerprint density at radius 2 is 1.90 bits per heavy atom. The highest BCUT2D eigenvalue weighted by Crippen LogP contribution is 2.33. The van der Waals surface area contributed by atoms with Crippen LogP contribution in [0.15, 0.2) is 48.6 Å². The van der Waals surface area contributed by atoms with Gasteiger partial charge in [0.2, 0.25) is 5.91 Å². The minimum Gasteiger partial charge on any atom is -0.394 e. The number of aromatic nitrogens is 4. The molecule has 16 nitrogen and oxygen atoms in total. The van der Waals surface area contributed by atoms with E-state index >= 15 is 0 Å². The molecule has 0 spiro atoms. The number of aliphatic hydroxyl groups is 5. The summed E-state index contributed by atoms with van der Waals surface area (Å²) in [6.07, 6.45) is -4.08. The number of nitrogens with one attached hydrogen (secondary N) is 2. The van der Waals surface area contributed by atoms with Crippen molar-refractivity contribution in [3.05, 3.63) is 64.2 Å². The number of nitro benzene ring substituents is 1. The summed E-state index contributed by atoms with van der Waals surface area (Å²) in [7, 11) is 0. The zero-order valence-electron chi connectivity index (χ0n) is 21.7. The van der Waals surface area contributed by atoms with Gasteiger partial charge in [0, 0.05) is 24.1 Å². The van der Waals surface area contributed by atoms with Gasteiger partial charge in [0.1, 0.15) is 36.8 Å². The number of amides is 1. The first kappa shape index (κ1) is 28.5. The lowest BCUT2D eigenvalue weighted by Gasteiger charge is -2.29. The van der Waals surface area contributed by atoms with Crippen molar-refractivity contribution in [1.29, 1.82) is 0 Å². The number of hydrogen-bond donors (Lipinski definition) is 7. The van der Waals surface area contributed by atoms with Crippen LogP contribution in [0, 0.1) is 10.1 Å². The average Bonchev–Trinajstić information content (AvgIpc) is 3.52. The molecule has 0 bridgehead atoms. The lowest BCUT2D eigenvalue weighted by Crippen LogP contribution is -2.49. The number of ether oxygens (including phenoxy) is 1. The number of aliphatic hydroxyl groups excluding tert-OH is 5. The van der Waals surface area contributed by atoms with Gasteiger partial charge in [-0.25, -0.2) is 15.0 Å². The van der Waals surface area contributed by atoms with Gasteiger partial charge < -0.3 is 40.9 Å². The summed E-state index contributed by atoms with van der Waals surface area (Å²) in [5.74, 6) is -0.351. The van der Waals surface area contributed by atoms with Crippen LogP contribution in [-0.2, 0) is 9.53 Å². The smallest absolute Gasteiger partial charge is 0.269 e. The summed E-state index contributed by atoms with van der Waals surface area (Å²) >= 11 is 0. The van der Waals surface area contributed by atoms with Crippen molar-refractivity contribution >= 4 is 28.6 Å². The Morgan fingerprint density at radius 1 is 1.17 bits per heavy atom. The third-order valence-electron chi connectivity index (χ3n) is 7.27. The Kier molecular flexibility index (Phi) is 7.94. The zero-order valence-corrected chi connectivity index (χ0v) is 21.7. The van der Waals surface area contributed by atoms with Gasteiger partial charge in [0.15, 0.2) is 23.2 Å². The van der Waals surface area contributed by atoms with E-state index in [1.807, 2.05) is 6.92 Å². The molecule has 3 aromatic rings. The van der Waals surface area contributed by atoms with E-state index < -0.39 is 60.2 Å². The van der Waals surface area contributed by atoms with Crippen molar-refractivity contribution in [2.45, 2.75) is 62.2 Å². The molecule has 0 radical (unpaired) electrons. The van der Waals surface area contributed by atoms with Crippen molar-refractivity contribution in [3.8, 4) is 0 Å². The molecule has 1 fully saturated rings. The molecule has 41 heavy (non-hydrogen) atoms. The fraction of sp³-hybridized carbons (Fsp3) is 0.440. The zero-order chi connectivity index (χ0) is 29.4. The molecular weight excluding hydrogens is 542 g/mol. The number of non-ortho nitro benzene ring substituents is 1. The quantitative estimate of drug-likeness (QED) is 0.128. The van der Waals surface area contributed by atoms with Gasteiger partial charge in [-0.1, -0.05) is 12.1 Å². The predicted octanol–water partition coefficient (Wildman–Crippen LogP) is -0.944. The van der Waals surface area contributed by atoms with Gasteiger partial charge in [-0.2, -0.15) is 0 Å². The Hall–Kier alpha value is -4.06. The third-order valence-corrected chi connectivity index (χ3v) is 7.27. The van der Waals surface area contributed by atoms with Crippen LogP contribution in [0.2, 0.25) is 0 Å². The molecule has 3 heterocycles. The summed E-state index contributed by atoms with van der Waals surface area (Å²) in [6, 6.07) is 4.65. The van der Waals surface area contributed by atoms with E-state index in [0.717, 1.165) is 11.6 Å². The first-order valence-electron chi connectivity index (χ1n) is 12.8. The number of rotatable bonds is 8. The lowest BCUT2D eigenvalue weighted by atomic mass is 9.91. The van der Waals surface area contributed by atoms with Crippen LogP contribution in [0.4, 0.5) is 11.5 Å². The van der Waals surface area contributed by atoms with Crippen LogP contribution in [0.1, 0.15) is 31.2 Å². The van der Waals surface area contributed by atoms with E-state index in [2.05, 4.69) is 25.6 Å². The molecule has 1 aliphatic carbocycles. The molecule has 5 rings (SSSR count). The first-order chi connectivity index (χ1) is 19.6. The number of imidazole rings is 1. The molecule has 1 amide bonds. The fourth-order valence-corrected chi connectivity index (χ4v) is 4.97. The van der Waals surface area contributed by atoms with Gasteiger partial charge in [0.25, 0.3) is 5.69 Å². The lowest BCUT2D eigenvalue weighted by molar-refractivity contribution is -0.384. The van der Waals surface area contributed by atoms with Crippen LogP contribution in [0.25, 0.3) is 11.2 Å². The number of benzene rings is 1. The Morgan fingerprint density at radius 3 is 2.56 bits per heavy atom. The van der Waals surface area contributed by atoms with E-state index in [1.165, 1.54) is 29.4 Å². The van der Waals surface area contributed by atoms with Gasteiger partial charge in [0.05, 0.1) is 30.0 Å². The summed E-state index contributed by atoms with van der Waals surface area (Å²) in [5.41, 5.74) is 1.37. The standard InChI is InChI=1S/C25H29N7O9/c1-11(12-2-4-14(5-3-12)32(39)40)29-22-19-23(27-9-26-22)31(10-28-19)25-18(21(37)17(8-33)41-25)30-24(38)13-6-15(34)20(36)16(35)7-13/h2-6,9-11,15-18,20-21,25,33-37H,7-8H2,1H3,(H,30,38)(H,26,27,29)/t11-,15?,16?,17-,18-,20?,21-,25-/m1/s1.